The number of carbonyl (C=O) groups excluding carboxylic acids is 1. The van der Waals surface area contributed by atoms with E-state index in [4.69, 9.17) is 21.1 Å². The van der Waals surface area contributed by atoms with Crippen LogP contribution in [0, 0.1) is 16.7 Å². The number of nitrogens with one attached hydrogen (secondary N) is 1. The average molecular weight is 335 g/mol. The lowest BCUT2D eigenvalue weighted by atomic mass is 9.87. The highest BCUT2D eigenvalue weighted by molar-refractivity contribution is 6.32. The Bertz CT molecular complexity index is 648. The molecule has 6 heteroatoms. The molecule has 1 saturated carbocycles. The highest BCUT2D eigenvalue weighted by Gasteiger charge is 2.41. The van der Waals surface area contributed by atoms with Gasteiger partial charge >= 0.3 is 0 Å². The summed E-state index contributed by atoms with van der Waals surface area (Å²) in [7, 11) is 0. The fourth-order valence-electron chi connectivity index (χ4n) is 3.17. The largest absolute Gasteiger partial charge is 0.486 e. The van der Waals surface area contributed by atoms with E-state index in [1.807, 2.05) is 12.1 Å². The molecule has 3 rings (SSSR count). The number of hydrogen-bond acceptors (Lipinski definition) is 4. The number of halogens is 1. The first kappa shape index (κ1) is 15.9. The molecule has 0 bridgehead atoms. The van der Waals surface area contributed by atoms with E-state index < -0.39 is 5.41 Å². The van der Waals surface area contributed by atoms with Crippen molar-refractivity contribution in [3.05, 3.63) is 22.7 Å². The first-order chi connectivity index (χ1) is 11.1. The Morgan fingerprint density at radius 1 is 1.30 bits per heavy atom. The van der Waals surface area contributed by atoms with Crippen molar-refractivity contribution in [2.75, 3.05) is 19.8 Å². The van der Waals surface area contributed by atoms with Crippen LogP contribution >= 0.6 is 11.6 Å². The zero-order valence-corrected chi connectivity index (χ0v) is 13.6. The van der Waals surface area contributed by atoms with Gasteiger partial charge < -0.3 is 14.8 Å². The maximum absolute atomic E-state index is 12.3. The molecular weight excluding hydrogens is 316 g/mol. The van der Waals surface area contributed by atoms with Gasteiger partial charge in [-0.15, -0.1) is 0 Å². The molecule has 1 heterocycles. The maximum atomic E-state index is 12.3. The molecule has 1 amide bonds. The highest BCUT2D eigenvalue weighted by Crippen LogP contribution is 2.39. The normalized spacial score (nSPS) is 18.3. The molecule has 1 N–H and O–H groups in total. The smallest absolute Gasteiger partial charge is 0.240 e. The van der Waals surface area contributed by atoms with Crippen molar-refractivity contribution < 1.29 is 14.3 Å². The number of ether oxygens (including phenoxy) is 2. The average Bonchev–Trinajstić information content (AvgIpc) is 3.05. The van der Waals surface area contributed by atoms with Crippen LogP contribution < -0.4 is 14.8 Å². The van der Waals surface area contributed by atoms with E-state index >= 15 is 0 Å². The molecule has 1 aliphatic heterocycles. The molecule has 0 aromatic heterocycles. The number of carbonyl (C=O) groups is 1. The Labute approximate surface area is 140 Å². The van der Waals surface area contributed by atoms with E-state index in [9.17, 15) is 10.1 Å². The lowest BCUT2D eigenvalue weighted by molar-refractivity contribution is -0.127. The van der Waals surface area contributed by atoms with Gasteiger partial charge in [0.2, 0.25) is 5.91 Å². The van der Waals surface area contributed by atoms with E-state index in [-0.39, 0.29) is 5.91 Å². The standard InChI is InChI=1S/C17H19ClN2O3/c18-13-9-12(10-14-15(13)23-8-7-22-14)3-6-20-16(21)17(11-19)4-1-2-5-17/h9-10H,1-8H2,(H,20,21). The lowest BCUT2D eigenvalue weighted by Crippen LogP contribution is -2.39. The lowest BCUT2D eigenvalue weighted by Gasteiger charge is -2.21. The molecule has 0 radical (unpaired) electrons. The fraction of sp³-hybridized carbons (Fsp3) is 0.529. The van der Waals surface area contributed by atoms with E-state index in [2.05, 4.69) is 11.4 Å². The van der Waals surface area contributed by atoms with E-state index in [1.54, 1.807) is 0 Å². The molecule has 0 atom stereocenters. The van der Waals surface area contributed by atoms with E-state index in [1.165, 1.54) is 0 Å². The van der Waals surface area contributed by atoms with Gasteiger partial charge in [-0.1, -0.05) is 24.4 Å². The molecule has 1 aliphatic carbocycles. The minimum Gasteiger partial charge on any atom is -0.486 e. The molecule has 0 saturated heterocycles. The summed E-state index contributed by atoms with van der Waals surface area (Å²) >= 11 is 6.20. The summed E-state index contributed by atoms with van der Waals surface area (Å²) in [6, 6.07) is 5.93. The summed E-state index contributed by atoms with van der Waals surface area (Å²) < 4.78 is 11.0. The molecule has 0 unspecified atom stereocenters. The first-order valence-corrected chi connectivity index (χ1v) is 8.30. The minimum atomic E-state index is -0.829. The van der Waals surface area contributed by atoms with E-state index in [0.717, 1.165) is 18.4 Å². The van der Waals surface area contributed by atoms with Crippen LogP contribution in [0.1, 0.15) is 31.2 Å². The summed E-state index contributed by atoms with van der Waals surface area (Å²) in [6.45, 7) is 1.48. The van der Waals surface area contributed by atoms with Crippen LogP contribution in [0.25, 0.3) is 0 Å². The Kier molecular flexibility index (Phi) is 4.63. The second kappa shape index (κ2) is 6.67. The van der Waals surface area contributed by atoms with Crippen molar-refractivity contribution in [3.63, 3.8) is 0 Å². The van der Waals surface area contributed by atoms with Crippen LogP contribution in [0.15, 0.2) is 12.1 Å². The van der Waals surface area contributed by atoms with Crippen molar-refractivity contribution >= 4 is 17.5 Å². The molecule has 122 valence electrons. The van der Waals surface area contributed by atoms with Gasteiger partial charge in [-0.05, 0) is 37.0 Å². The zero-order chi connectivity index (χ0) is 16.3. The maximum Gasteiger partial charge on any atom is 0.240 e. The molecule has 5 nitrogen and oxygen atoms in total. The number of benzene rings is 1. The summed E-state index contributed by atoms with van der Waals surface area (Å²) in [6.07, 6.45) is 3.83. The van der Waals surface area contributed by atoms with Crippen LogP contribution in [0.5, 0.6) is 11.5 Å². The van der Waals surface area contributed by atoms with Gasteiger partial charge in [-0.3, -0.25) is 4.79 Å². The van der Waals surface area contributed by atoms with Crippen LogP contribution in [-0.2, 0) is 11.2 Å². The SMILES string of the molecule is N#CC1(C(=O)NCCc2cc(Cl)c3c(c2)OCCO3)CCCC1. The van der Waals surface area contributed by atoms with Crippen molar-refractivity contribution in [2.45, 2.75) is 32.1 Å². The highest BCUT2D eigenvalue weighted by atomic mass is 35.5. The minimum absolute atomic E-state index is 0.152. The van der Waals surface area contributed by atoms with Gasteiger partial charge in [0, 0.05) is 6.54 Å². The van der Waals surface area contributed by atoms with Gasteiger partial charge in [-0.25, -0.2) is 0 Å². The number of hydrogen-bond donors (Lipinski definition) is 1. The number of fused-ring (bicyclic) bond motifs is 1. The van der Waals surface area contributed by atoms with Gasteiger partial charge in [0.15, 0.2) is 11.5 Å². The second-order valence-electron chi connectivity index (χ2n) is 6.01. The van der Waals surface area contributed by atoms with Crippen molar-refractivity contribution in [2.24, 2.45) is 5.41 Å². The quantitative estimate of drug-likeness (QED) is 0.919. The zero-order valence-electron chi connectivity index (χ0n) is 12.9. The summed E-state index contributed by atoms with van der Waals surface area (Å²) in [5.41, 5.74) is 0.141. The predicted octanol–water partition coefficient (Wildman–Crippen LogP) is 2.85. The Balaban J connectivity index is 1.60. The third-order valence-corrected chi connectivity index (χ3v) is 4.74. The third-order valence-electron chi connectivity index (χ3n) is 4.46. The van der Waals surface area contributed by atoms with Gasteiger partial charge in [-0.2, -0.15) is 5.26 Å². The number of nitrogens with zero attached hydrogens (tertiary/aromatic N) is 1. The second-order valence-corrected chi connectivity index (χ2v) is 6.42. The Hall–Kier alpha value is -1.93. The third kappa shape index (κ3) is 3.23. The summed E-state index contributed by atoms with van der Waals surface area (Å²) in [5.74, 6) is 1.08. The topological polar surface area (TPSA) is 71.4 Å². The molecule has 1 aromatic rings. The van der Waals surface area contributed by atoms with Gasteiger partial charge in [0.1, 0.15) is 18.6 Å². The number of amides is 1. The molecule has 1 aromatic carbocycles. The van der Waals surface area contributed by atoms with Crippen LogP contribution in [0.3, 0.4) is 0 Å². The Morgan fingerprint density at radius 3 is 2.78 bits per heavy atom. The van der Waals surface area contributed by atoms with Crippen molar-refractivity contribution in [1.29, 1.82) is 5.26 Å². The van der Waals surface area contributed by atoms with Crippen LogP contribution in [0.4, 0.5) is 0 Å². The van der Waals surface area contributed by atoms with Gasteiger partial charge in [0.05, 0.1) is 11.1 Å². The van der Waals surface area contributed by atoms with Crippen LogP contribution in [0.2, 0.25) is 5.02 Å². The molecule has 0 spiro atoms. The van der Waals surface area contributed by atoms with Crippen LogP contribution in [-0.4, -0.2) is 25.7 Å². The summed E-state index contributed by atoms with van der Waals surface area (Å²) in [4.78, 5) is 12.3. The molecule has 23 heavy (non-hydrogen) atoms. The molecule has 2 aliphatic rings. The predicted molar refractivity (Wildman–Crippen MR) is 85.7 cm³/mol. The molecule has 1 fully saturated rings. The molecular formula is C17H19ClN2O3. The first-order valence-electron chi connectivity index (χ1n) is 7.92. The summed E-state index contributed by atoms with van der Waals surface area (Å²) in [5, 5.41) is 12.7. The fourth-order valence-corrected chi connectivity index (χ4v) is 3.45. The Morgan fingerprint density at radius 2 is 2.04 bits per heavy atom. The van der Waals surface area contributed by atoms with Crippen molar-refractivity contribution in [1.82, 2.24) is 5.32 Å². The number of nitriles is 1. The number of rotatable bonds is 4. The van der Waals surface area contributed by atoms with Crippen molar-refractivity contribution in [3.8, 4) is 17.6 Å². The monoisotopic (exact) mass is 334 g/mol. The van der Waals surface area contributed by atoms with Gasteiger partial charge in [0.25, 0.3) is 0 Å². The van der Waals surface area contributed by atoms with E-state index in [0.29, 0.717) is 55.5 Å².